The first-order valence-corrected chi connectivity index (χ1v) is 8.67. The van der Waals surface area contributed by atoms with E-state index in [9.17, 15) is 9.59 Å². The number of anilines is 1. The first kappa shape index (κ1) is 17.1. The number of nitrogens with two attached hydrogens (primary N) is 1. The molecule has 2 amide bonds. The van der Waals surface area contributed by atoms with Crippen LogP contribution in [0.5, 0.6) is 5.75 Å². The standard InChI is InChI=1S/C18H20N6O3/c1-8-21-15-10-5-12(16(19)26)13(27-2)6-11(10)17(24-18(15)22-8)20-7-9-3-4-14(25)23-9/h5-6,9H,3-4,7H2,1-2H3,(H2,19,26)(H,23,25)(H2,20,21,22,24)/t9-/m0/s1. The van der Waals surface area contributed by atoms with Gasteiger partial charge in [-0.15, -0.1) is 0 Å². The first-order chi connectivity index (χ1) is 13.0. The van der Waals surface area contributed by atoms with Gasteiger partial charge < -0.3 is 26.1 Å². The molecule has 0 aliphatic carbocycles. The molecule has 0 unspecified atom stereocenters. The van der Waals surface area contributed by atoms with Crippen molar-refractivity contribution in [2.24, 2.45) is 5.73 Å². The summed E-state index contributed by atoms with van der Waals surface area (Å²) in [6.45, 7) is 2.38. The van der Waals surface area contributed by atoms with Crippen LogP contribution in [0.3, 0.4) is 0 Å². The number of hydrogen-bond acceptors (Lipinski definition) is 6. The number of carbonyl (C=O) groups excluding carboxylic acids is 2. The van der Waals surface area contributed by atoms with Crippen LogP contribution in [0.25, 0.3) is 21.9 Å². The lowest BCUT2D eigenvalue weighted by molar-refractivity contribution is -0.119. The van der Waals surface area contributed by atoms with Crippen LogP contribution >= 0.6 is 0 Å². The third-order valence-corrected chi connectivity index (χ3v) is 4.75. The van der Waals surface area contributed by atoms with Crippen LogP contribution in [0, 0.1) is 6.92 Å². The summed E-state index contributed by atoms with van der Waals surface area (Å²) >= 11 is 0. The van der Waals surface area contributed by atoms with E-state index in [4.69, 9.17) is 10.5 Å². The molecule has 3 aromatic rings. The number of pyridine rings is 1. The van der Waals surface area contributed by atoms with Crippen molar-refractivity contribution in [1.82, 2.24) is 20.3 Å². The van der Waals surface area contributed by atoms with Crippen molar-refractivity contribution in [3.05, 3.63) is 23.5 Å². The molecule has 140 valence electrons. The normalized spacial score (nSPS) is 16.7. The van der Waals surface area contributed by atoms with E-state index in [1.165, 1.54) is 7.11 Å². The fourth-order valence-electron chi connectivity index (χ4n) is 3.44. The maximum absolute atomic E-state index is 11.8. The van der Waals surface area contributed by atoms with Crippen molar-refractivity contribution in [1.29, 1.82) is 0 Å². The summed E-state index contributed by atoms with van der Waals surface area (Å²) in [7, 11) is 1.49. The van der Waals surface area contributed by atoms with E-state index in [-0.39, 0.29) is 11.9 Å². The van der Waals surface area contributed by atoms with Crippen LogP contribution in [-0.2, 0) is 4.79 Å². The molecule has 1 aromatic carbocycles. The summed E-state index contributed by atoms with van der Waals surface area (Å²) in [5.74, 6) is 1.20. The van der Waals surface area contributed by atoms with Gasteiger partial charge in [-0.3, -0.25) is 9.59 Å². The third-order valence-electron chi connectivity index (χ3n) is 4.75. The van der Waals surface area contributed by atoms with Gasteiger partial charge >= 0.3 is 0 Å². The molecule has 2 aromatic heterocycles. The number of carbonyl (C=O) groups is 2. The molecule has 0 saturated carbocycles. The molecule has 3 heterocycles. The first-order valence-electron chi connectivity index (χ1n) is 8.67. The smallest absolute Gasteiger partial charge is 0.252 e. The van der Waals surface area contributed by atoms with Crippen molar-refractivity contribution in [2.75, 3.05) is 19.0 Å². The third kappa shape index (κ3) is 3.01. The van der Waals surface area contributed by atoms with Crippen LogP contribution in [0.15, 0.2) is 12.1 Å². The number of primary amides is 1. The predicted molar refractivity (Wildman–Crippen MR) is 101 cm³/mol. The number of fused-ring (bicyclic) bond motifs is 3. The van der Waals surface area contributed by atoms with Crippen molar-refractivity contribution in [3.8, 4) is 5.75 Å². The number of rotatable bonds is 5. The Labute approximate surface area is 154 Å². The molecule has 0 radical (unpaired) electrons. The number of aromatic nitrogens is 3. The fourth-order valence-corrected chi connectivity index (χ4v) is 3.44. The Hall–Kier alpha value is -3.36. The zero-order valence-corrected chi connectivity index (χ0v) is 15.0. The molecule has 27 heavy (non-hydrogen) atoms. The van der Waals surface area contributed by atoms with Gasteiger partial charge in [-0.2, -0.15) is 0 Å². The summed E-state index contributed by atoms with van der Waals surface area (Å²) in [4.78, 5) is 35.4. The summed E-state index contributed by atoms with van der Waals surface area (Å²) in [6, 6.07) is 3.49. The fraction of sp³-hybridized carbons (Fsp3) is 0.333. The van der Waals surface area contributed by atoms with Crippen molar-refractivity contribution < 1.29 is 14.3 Å². The van der Waals surface area contributed by atoms with Gasteiger partial charge in [0.1, 0.15) is 17.4 Å². The second-order valence-electron chi connectivity index (χ2n) is 6.63. The summed E-state index contributed by atoms with van der Waals surface area (Å²) in [5.41, 5.74) is 7.07. The lowest BCUT2D eigenvalue weighted by Gasteiger charge is -2.15. The van der Waals surface area contributed by atoms with E-state index < -0.39 is 5.91 Å². The van der Waals surface area contributed by atoms with Gasteiger partial charge in [0.15, 0.2) is 5.65 Å². The Balaban J connectivity index is 1.85. The SMILES string of the molecule is COc1cc2c(NC[C@@H]3CCC(=O)N3)nc3nc(C)[nH]c3c2cc1C(N)=O. The van der Waals surface area contributed by atoms with Gasteiger partial charge in [0, 0.05) is 29.8 Å². The van der Waals surface area contributed by atoms with E-state index in [1.54, 1.807) is 12.1 Å². The molecule has 1 aliphatic rings. The number of nitrogens with zero attached hydrogens (tertiary/aromatic N) is 2. The average Bonchev–Trinajstić information content (AvgIpc) is 3.22. The molecular formula is C18H20N6O3. The van der Waals surface area contributed by atoms with Crippen LogP contribution in [0.4, 0.5) is 5.82 Å². The highest BCUT2D eigenvalue weighted by atomic mass is 16.5. The lowest BCUT2D eigenvalue weighted by Crippen LogP contribution is -2.32. The highest BCUT2D eigenvalue weighted by molar-refractivity contribution is 6.11. The molecule has 1 aliphatic heterocycles. The number of amides is 2. The number of aryl methyl sites for hydroxylation is 1. The van der Waals surface area contributed by atoms with E-state index in [1.807, 2.05) is 6.92 Å². The van der Waals surface area contributed by atoms with Gasteiger partial charge in [0.25, 0.3) is 5.91 Å². The minimum atomic E-state index is -0.571. The summed E-state index contributed by atoms with van der Waals surface area (Å²) in [5, 5.41) is 7.77. The Morgan fingerprint density at radius 2 is 2.19 bits per heavy atom. The molecule has 0 spiro atoms. The van der Waals surface area contributed by atoms with Gasteiger partial charge in [0.2, 0.25) is 5.91 Å². The Bertz CT molecular complexity index is 1070. The van der Waals surface area contributed by atoms with Crippen LogP contribution < -0.4 is 21.1 Å². The van der Waals surface area contributed by atoms with E-state index >= 15 is 0 Å². The van der Waals surface area contributed by atoms with E-state index in [0.717, 1.165) is 28.5 Å². The highest BCUT2D eigenvalue weighted by Gasteiger charge is 2.22. The molecule has 1 atom stereocenters. The molecule has 4 rings (SSSR count). The maximum Gasteiger partial charge on any atom is 0.252 e. The summed E-state index contributed by atoms with van der Waals surface area (Å²) < 4.78 is 5.34. The highest BCUT2D eigenvalue weighted by Crippen LogP contribution is 2.33. The molecular weight excluding hydrogens is 348 g/mol. The largest absolute Gasteiger partial charge is 0.496 e. The zero-order chi connectivity index (χ0) is 19.1. The van der Waals surface area contributed by atoms with Gasteiger partial charge in [0.05, 0.1) is 18.2 Å². The second-order valence-corrected chi connectivity index (χ2v) is 6.63. The number of benzene rings is 1. The van der Waals surface area contributed by atoms with Gasteiger partial charge in [-0.25, -0.2) is 9.97 Å². The van der Waals surface area contributed by atoms with E-state index in [0.29, 0.717) is 35.7 Å². The molecule has 9 nitrogen and oxygen atoms in total. The second kappa shape index (κ2) is 6.42. The topological polar surface area (TPSA) is 135 Å². The number of aromatic amines is 1. The monoisotopic (exact) mass is 368 g/mol. The number of H-pyrrole nitrogens is 1. The Morgan fingerprint density at radius 1 is 1.37 bits per heavy atom. The minimum Gasteiger partial charge on any atom is -0.496 e. The van der Waals surface area contributed by atoms with Crippen molar-refractivity contribution >= 4 is 39.6 Å². The maximum atomic E-state index is 11.8. The number of hydrogen-bond donors (Lipinski definition) is 4. The van der Waals surface area contributed by atoms with Gasteiger partial charge in [-0.1, -0.05) is 0 Å². The Kier molecular flexibility index (Phi) is 4.06. The van der Waals surface area contributed by atoms with Gasteiger partial charge in [-0.05, 0) is 25.5 Å². The average molecular weight is 368 g/mol. The Morgan fingerprint density at radius 3 is 2.85 bits per heavy atom. The molecule has 9 heteroatoms. The van der Waals surface area contributed by atoms with Crippen molar-refractivity contribution in [2.45, 2.75) is 25.8 Å². The molecule has 1 fully saturated rings. The van der Waals surface area contributed by atoms with Crippen molar-refractivity contribution in [3.63, 3.8) is 0 Å². The molecule has 5 N–H and O–H groups in total. The lowest BCUT2D eigenvalue weighted by atomic mass is 10.1. The van der Waals surface area contributed by atoms with Crippen LogP contribution in [-0.4, -0.2) is 46.5 Å². The van der Waals surface area contributed by atoms with Crippen LogP contribution in [0.2, 0.25) is 0 Å². The zero-order valence-electron chi connectivity index (χ0n) is 15.0. The number of nitrogens with one attached hydrogen (secondary N) is 3. The molecule has 0 bridgehead atoms. The quantitative estimate of drug-likeness (QED) is 0.535. The predicted octanol–water partition coefficient (Wildman–Crippen LogP) is 1.22. The number of imidazole rings is 1. The summed E-state index contributed by atoms with van der Waals surface area (Å²) in [6.07, 6.45) is 1.32. The number of methoxy groups -OCH3 is 1. The molecule has 1 saturated heterocycles. The number of ether oxygens (including phenoxy) is 1. The minimum absolute atomic E-state index is 0.0535. The van der Waals surface area contributed by atoms with E-state index in [2.05, 4.69) is 25.6 Å². The van der Waals surface area contributed by atoms with Crippen LogP contribution in [0.1, 0.15) is 29.0 Å².